The SMILES string of the molecule is CN=C(NCCOCC1CC1)NCc1ccc(C)cc1OCCCOC. The summed E-state index contributed by atoms with van der Waals surface area (Å²) in [4.78, 5) is 4.26. The van der Waals surface area contributed by atoms with Gasteiger partial charge < -0.3 is 24.8 Å². The Kier molecular flexibility index (Phi) is 9.28. The number of aliphatic imine (C=N–C) groups is 1. The molecule has 1 aromatic rings. The summed E-state index contributed by atoms with van der Waals surface area (Å²) in [6.07, 6.45) is 3.52. The molecule has 6 nitrogen and oxygen atoms in total. The van der Waals surface area contributed by atoms with E-state index in [-0.39, 0.29) is 0 Å². The third-order valence-electron chi connectivity index (χ3n) is 4.23. The first kappa shape index (κ1) is 20.5. The molecule has 0 unspecified atom stereocenters. The lowest BCUT2D eigenvalue weighted by atomic mass is 10.1. The molecule has 0 aromatic heterocycles. The molecule has 1 aliphatic carbocycles. The van der Waals surface area contributed by atoms with Crippen LogP contribution in [0, 0.1) is 12.8 Å². The van der Waals surface area contributed by atoms with Crippen molar-refractivity contribution in [1.82, 2.24) is 10.6 Å². The van der Waals surface area contributed by atoms with E-state index in [2.05, 4.69) is 40.7 Å². The fourth-order valence-electron chi connectivity index (χ4n) is 2.50. The van der Waals surface area contributed by atoms with Crippen LogP contribution in [0.5, 0.6) is 5.75 Å². The highest BCUT2D eigenvalue weighted by Gasteiger charge is 2.20. The van der Waals surface area contributed by atoms with Crippen molar-refractivity contribution in [2.75, 3.05) is 47.1 Å². The quantitative estimate of drug-likeness (QED) is 0.339. The number of hydrogen-bond donors (Lipinski definition) is 2. The molecule has 1 fully saturated rings. The van der Waals surface area contributed by atoms with Gasteiger partial charge in [-0.1, -0.05) is 12.1 Å². The summed E-state index contributed by atoms with van der Waals surface area (Å²) < 4.78 is 16.6. The maximum Gasteiger partial charge on any atom is 0.191 e. The molecular weight excluding hydrogens is 330 g/mol. The van der Waals surface area contributed by atoms with Gasteiger partial charge in [0.25, 0.3) is 0 Å². The van der Waals surface area contributed by atoms with Gasteiger partial charge in [0, 0.05) is 52.4 Å². The highest BCUT2D eigenvalue weighted by Crippen LogP contribution is 2.28. The number of methoxy groups -OCH3 is 1. The van der Waals surface area contributed by atoms with E-state index in [1.807, 2.05) is 0 Å². The number of nitrogens with one attached hydrogen (secondary N) is 2. The van der Waals surface area contributed by atoms with Crippen LogP contribution in [0.1, 0.15) is 30.4 Å². The van der Waals surface area contributed by atoms with Crippen molar-refractivity contribution in [3.63, 3.8) is 0 Å². The number of rotatable bonds is 12. The number of nitrogens with zero attached hydrogens (tertiary/aromatic N) is 1. The highest BCUT2D eigenvalue weighted by atomic mass is 16.5. The van der Waals surface area contributed by atoms with Gasteiger partial charge in [-0.15, -0.1) is 0 Å². The smallest absolute Gasteiger partial charge is 0.191 e. The van der Waals surface area contributed by atoms with Crippen LogP contribution in [0.4, 0.5) is 0 Å². The van der Waals surface area contributed by atoms with E-state index in [1.54, 1.807) is 14.2 Å². The van der Waals surface area contributed by atoms with Gasteiger partial charge in [0.15, 0.2) is 5.96 Å². The summed E-state index contributed by atoms with van der Waals surface area (Å²) in [5.41, 5.74) is 2.30. The summed E-state index contributed by atoms with van der Waals surface area (Å²) in [7, 11) is 3.48. The highest BCUT2D eigenvalue weighted by molar-refractivity contribution is 5.79. The molecule has 2 rings (SSSR count). The normalized spacial score (nSPS) is 14.3. The van der Waals surface area contributed by atoms with E-state index < -0.39 is 0 Å². The lowest BCUT2D eigenvalue weighted by Crippen LogP contribution is -2.38. The minimum atomic E-state index is 0.648. The van der Waals surface area contributed by atoms with Crippen LogP contribution in [0.3, 0.4) is 0 Å². The molecule has 26 heavy (non-hydrogen) atoms. The second kappa shape index (κ2) is 11.8. The first-order valence-corrected chi connectivity index (χ1v) is 9.46. The van der Waals surface area contributed by atoms with E-state index >= 15 is 0 Å². The second-order valence-electron chi connectivity index (χ2n) is 6.68. The van der Waals surface area contributed by atoms with Gasteiger partial charge in [-0.25, -0.2) is 0 Å². The Balaban J connectivity index is 1.74. The molecule has 1 saturated carbocycles. The van der Waals surface area contributed by atoms with Crippen LogP contribution in [0.15, 0.2) is 23.2 Å². The maximum absolute atomic E-state index is 5.93. The van der Waals surface area contributed by atoms with Crippen molar-refractivity contribution < 1.29 is 14.2 Å². The molecule has 0 heterocycles. The van der Waals surface area contributed by atoms with Crippen molar-refractivity contribution in [1.29, 1.82) is 0 Å². The lowest BCUT2D eigenvalue weighted by Gasteiger charge is -2.15. The third kappa shape index (κ3) is 8.06. The number of aryl methyl sites for hydroxylation is 1. The van der Waals surface area contributed by atoms with Crippen LogP contribution in [0.2, 0.25) is 0 Å². The molecule has 6 heteroatoms. The van der Waals surface area contributed by atoms with E-state index in [4.69, 9.17) is 14.2 Å². The van der Waals surface area contributed by atoms with Crippen LogP contribution in [0.25, 0.3) is 0 Å². The summed E-state index contributed by atoms with van der Waals surface area (Å²) in [5, 5.41) is 6.62. The second-order valence-corrected chi connectivity index (χ2v) is 6.68. The minimum Gasteiger partial charge on any atom is -0.493 e. The Bertz CT molecular complexity index is 559. The zero-order valence-corrected chi connectivity index (χ0v) is 16.3. The summed E-state index contributed by atoms with van der Waals surface area (Å²) in [5.74, 6) is 2.49. The molecule has 0 bridgehead atoms. The van der Waals surface area contributed by atoms with Gasteiger partial charge >= 0.3 is 0 Å². The molecular formula is C20H33N3O3. The van der Waals surface area contributed by atoms with Crippen molar-refractivity contribution in [2.24, 2.45) is 10.9 Å². The summed E-state index contributed by atoms with van der Waals surface area (Å²) in [6.45, 7) is 6.43. The molecule has 0 aliphatic heterocycles. The number of ether oxygens (including phenoxy) is 3. The van der Waals surface area contributed by atoms with Gasteiger partial charge in [0.2, 0.25) is 0 Å². The first-order chi connectivity index (χ1) is 12.7. The lowest BCUT2D eigenvalue weighted by molar-refractivity contribution is 0.129. The van der Waals surface area contributed by atoms with E-state index in [0.29, 0.717) is 26.4 Å². The number of guanidine groups is 1. The molecule has 146 valence electrons. The van der Waals surface area contributed by atoms with Gasteiger partial charge in [-0.3, -0.25) is 4.99 Å². The van der Waals surface area contributed by atoms with Crippen LogP contribution in [-0.2, 0) is 16.0 Å². The zero-order valence-electron chi connectivity index (χ0n) is 16.3. The van der Waals surface area contributed by atoms with Gasteiger partial charge in [-0.2, -0.15) is 0 Å². The van der Waals surface area contributed by atoms with Crippen molar-refractivity contribution in [2.45, 2.75) is 32.7 Å². The summed E-state index contributed by atoms with van der Waals surface area (Å²) >= 11 is 0. The molecule has 1 aromatic carbocycles. The molecule has 2 N–H and O–H groups in total. The monoisotopic (exact) mass is 363 g/mol. The Morgan fingerprint density at radius 3 is 2.77 bits per heavy atom. The Hall–Kier alpha value is -1.79. The maximum atomic E-state index is 5.93. The fraction of sp³-hybridized carbons (Fsp3) is 0.650. The molecule has 0 radical (unpaired) electrons. The predicted octanol–water partition coefficient (Wildman–Crippen LogP) is 2.50. The average molecular weight is 364 g/mol. The van der Waals surface area contributed by atoms with Crippen molar-refractivity contribution in [3.05, 3.63) is 29.3 Å². The van der Waals surface area contributed by atoms with E-state index in [9.17, 15) is 0 Å². The van der Waals surface area contributed by atoms with Crippen LogP contribution in [-0.4, -0.2) is 53.1 Å². The van der Waals surface area contributed by atoms with E-state index in [0.717, 1.165) is 42.8 Å². The average Bonchev–Trinajstić information content (AvgIpc) is 3.46. The third-order valence-corrected chi connectivity index (χ3v) is 4.23. The van der Waals surface area contributed by atoms with E-state index in [1.165, 1.54) is 18.4 Å². The fourth-order valence-corrected chi connectivity index (χ4v) is 2.50. The Labute approximate surface area is 157 Å². The molecule has 0 amide bonds. The largest absolute Gasteiger partial charge is 0.493 e. The topological polar surface area (TPSA) is 64.1 Å². The van der Waals surface area contributed by atoms with Crippen LogP contribution >= 0.6 is 0 Å². The van der Waals surface area contributed by atoms with Crippen LogP contribution < -0.4 is 15.4 Å². The molecule has 0 saturated heterocycles. The van der Waals surface area contributed by atoms with Gasteiger partial charge in [0.1, 0.15) is 5.75 Å². The predicted molar refractivity (Wildman–Crippen MR) is 105 cm³/mol. The Morgan fingerprint density at radius 2 is 2.04 bits per heavy atom. The molecule has 1 aliphatic rings. The standard InChI is InChI=1S/C20H33N3O3/c1-16-5-8-18(19(13-16)26-11-4-10-24-3)14-23-20(21-2)22-9-12-25-15-17-6-7-17/h5,8,13,17H,4,6-7,9-12,14-15H2,1-3H3,(H2,21,22,23). The molecule has 0 atom stereocenters. The Morgan fingerprint density at radius 1 is 1.19 bits per heavy atom. The van der Waals surface area contributed by atoms with Gasteiger partial charge in [0.05, 0.1) is 13.2 Å². The summed E-state index contributed by atoms with van der Waals surface area (Å²) in [6, 6.07) is 6.27. The number of benzene rings is 1. The van der Waals surface area contributed by atoms with Crippen molar-refractivity contribution in [3.8, 4) is 5.75 Å². The number of hydrogen-bond acceptors (Lipinski definition) is 4. The zero-order chi connectivity index (χ0) is 18.6. The van der Waals surface area contributed by atoms with Gasteiger partial charge in [-0.05, 0) is 37.3 Å². The molecule has 0 spiro atoms. The first-order valence-electron chi connectivity index (χ1n) is 9.46. The minimum absolute atomic E-state index is 0.648. The van der Waals surface area contributed by atoms with Crippen molar-refractivity contribution >= 4 is 5.96 Å².